The molecule has 1 saturated heterocycles. The zero-order chi connectivity index (χ0) is 20.9. The minimum absolute atomic E-state index is 0.152. The van der Waals surface area contributed by atoms with Crippen LogP contribution in [0.5, 0.6) is 0 Å². The average molecular weight is 422 g/mol. The third-order valence-electron chi connectivity index (χ3n) is 5.39. The predicted molar refractivity (Wildman–Crippen MR) is 117 cm³/mol. The van der Waals surface area contributed by atoms with E-state index < -0.39 is 0 Å². The van der Waals surface area contributed by atoms with Crippen LogP contribution < -0.4 is 5.32 Å². The molecule has 1 N–H and O–H groups in total. The van der Waals surface area contributed by atoms with Gasteiger partial charge >= 0.3 is 0 Å². The van der Waals surface area contributed by atoms with E-state index in [1.54, 1.807) is 30.5 Å². The van der Waals surface area contributed by atoms with Gasteiger partial charge in [-0.3, -0.25) is 14.7 Å². The standard InChI is InChI=1S/C23H24ClN5O/c1-16-20(23(30)28-19-7-5-18(24)6-8-19)14-26-22(27-16)21-4-2-3-13-29(21)15-17-9-11-25-12-10-17/h5-12,14,21H,2-4,13,15H2,1H3,(H,28,30)/t21-/m1/s1. The number of amides is 1. The van der Waals surface area contributed by atoms with E-state index in [0.29, 0.717) is 22.0 Å². The molecule has 1 fully saturated rings. The highest BCUT2D eigenvalue weighted by Gasteiger charge is 2.27. The van der Waals surface area contributed by atoms with Crippen molar-refractivity contribution < 1.29 is 4.79 Å². The van der Waals surface area contributed by atoms with Crippen LogP contribution in [0.3, 0.4) is 0 Å². The molecule has 7 heteroatoms. The Balaban J connectivity index is 1.50. The Kier molecular flexibility index (Phi) is 6.35. The molecule has 30 heavy (non-hydrogen) atoms. The second-order valence-electron chi connectivity index (χ2n) is 7.53. The molecule has 154 valence electrons. The number of rotatable bonds is 5. The van der Waals surface area contributed by atoms with Crippen LogP contribution in [0, 0.1) is 6.92 Å². The summed E-state index contributed by atoms with van der Waals surface area (Å²) in [6.07, 6.45) is 8.62. The van der Waals surface area contributed by atoms with Crippen LogP contribution in [-0.2, 0) is 6.54 Å². The van der Waals surface area contributed by atoms with E-state index >= 15 is 0 Å². The number of pyridine rings is 1. The summed E-state index contributed by atoms with van der Waals surface area (Å²) in [6.45, 7) is 3.71. The number of anilines is 1. The van der Waals surface area contributed by atoms with Gasteiger partial charge in [-0.05, 0) is 68.3 Å². The van der Waals surface area contributed by atoms with Crippen LogP contribution in [0.1, 0.15) is 52.7 Å². The van der Waals surface area contributed by atoms with Crippen molar-refractivity contribution in [3.63, 3.8) is 0 Å². The molecule has 2 aromatic heterocycles. The highest BCUT2D eigenvalue weighted by atomic mass is 35.5. The molecule has 0 aliphatic carbocycles. The summed E-state index contributed by atoms with van der Waals surface area (Å²) in [7, 11) is 0. The molecule has 6 nitrogen and oxygen atoms in total. The summed E-state index contributed by atoms with van der Waals surface area (Å²) in [4.78, 5) is 28.5. The maximum atomic E-state index is 12.7. The Hall–Kier alpha value is -2.83. The van der Waals surface area contributed by atoms with Crippen molar-refractivity contribution in [2.24, 2.45) is 0 Å². The molecule has 0 bridgehead atoms. The number of aromatic nitrogens is 3. The molecule has 1 aliphatic rings. The maximum absolute atomic E-state index is 12.7. The summed E-state index contributed by atoms with van der Waals surface area (Å²) in [5, 5.41) is 3.50. The number of hydrogen-bond acceptors (Lipinski definition) is 5. The zero-order valence-electron chi connectivity index (χ0n) is 16.9. The van der Waals surface area contributed by atoms with Crippen LogP contribution in [0.15, 0.2) is 55.0 Å². The lowest BCUT2D eigenvalue weighted by Gasteiger charge is -2.34. The molecule has 1 aliphatic heterocycles. The van der Waals surface area contributed by atoms with E-state index in [9.17, 15) is 4.79 Å². The van der Waals surface area contributed by atoms with Gasteiger partial charge in [0.1, 0.15) is 5.82 Å². The van der Waals surface area contributed by atoms with Gasteiger partial charge in [-0.2, -0.15) is 0 Å². The quantitative estimate of drug-likeness (QED) is 0.639. The molecule has 0 radical (unpaired) electrons. The lowest BCUT2D eigenvalue weighted by Crippen LogP contribution is -2.34. The first-order valence-corrected chi connectivity index (χ1v) is 10.5. The Morgan fingerprint density at radius 3 is 2.67 bits per heavy atom. The second-order valence-corrected chi connectivity index (χ2v) is 7.96. The Bertz CT molecular complexity index is 1010. The third-order valence-corrected chi connectivity index (χ3v) is 5.64. The topological polar surface area (TPSA) is 71.0 Å². The number of nitrogens with zero attached hydrogens (tertiary/aromatic N) is 4. The van der Waals surface area contributed by atoms with Gasteiger partial charge in [-0.15, -0.1) is 0 Å². The molecular formula is C23H24ClN5O. The monoisotopic (exact) mass is 421 g/mol. The Labute approximate surface area is 181 Å². The van der Waals surface area contributed by atoms with E-state index in [4.69, 9.17) is 16.6 Å². The number of nitrogens with one attached hydrogen (secondary N) is 1. The fraction of sp³-hybridized carbons (Fsp3) is 0.304. The predicted octanol–water partition coefficient (Wildman–Crippen LogP) is 4.81. The fourth-order valence-electron chi connectivity index (χ4n) is 3.80. The number of aryl methyl sites for hydroxylation is 1. The van der Waals surface area contributed by atoms with Crippen molar-refractivity contribution in [3.05, 3.63) is 82.7 Å². The minimum Gasteiger partial charge on any atom is -0.322 e. The molecule has 0 spiro atoms. The Morgan fingerprint density at radius 1 is 1.17 bits per heavy atom. The first-order valence-electron chi connectivity index (χ1n) is 10.1. The lowest BCUT2D eigenvalue weighted by molar-refractivity contribution is 0.102. The summed E-state index contributed by atoms with van der Waals surface area (Å²) >= 11 is 5.90. The van der Waals surface area contributed by atoms with Gasteiger partial charge in [0.15, 0.2) is 0 Å². The Morgan fingerprint density at radius 2 is 1.93 bits per heavy atom. The zero-order valence-corrected chi connectivity index (χ0v) is 17.6. The van der Waals surface area contributed by atoms with Gasteiger partial charge in [0.05, 0.1) is 17.3 Å². The molecule has 0 saturated carbocycles. The largest absolute Gasteiger partial charge is 0.322 e. The van der Waals surface area contributed by atoms with Crippen molar-refractivity contribution in [2.75, 3.05) is 11.9 Å². The lowest BCUT2D eigenvalue weighted by atomic mass is 10.00. The van der Waals surface area contributed by atoms with Crippen LogP contribution >= 0.6 is 11.6 Å². The summed E-state index contributed by atoms with van der Waals surface area (Å²) in [6, 6.07) is 11.3. The summed E-state index contributed by atoms with van der Waals surface area (Å²) in [5.41, 5.74) is 3.07. The first-order chi connectivity index (χ1) is 14.6. The van der Waals surface area contributed by atoms with E-state index in [1.807, 2.05) is 31.5 Å². The average Bonchev–Trinajstić information content (AvgIpc) is 2.76. The molecule has 3 aromatic rings. The van der Waals surface area contributed by atoms with E-state index in [0.717, 1.165) is 31.8 Å². The highest BCUT2D eigenvalue weighted by molar-refractivity contribution is 6.30. The van der Waals surface area contributed by atoms with Gasteiger partial charge < -0.3 is 5.32 Å². The third kappa shape index (κ3) is 4.83. The first kappa shape index (κ1) is 20.4. The highest BCUT2D eigenvalue weighted by Crippen LogP contribution is 2.30. The van der Waals surface area contributed by atoms with Crippen LogP contribution in [-0.4, -0.2) is 32.3 Å². The van der Waals surface area contributed by atoms with Crippen molar-refractivity contribution in [1.29, 1.82) is 0 Å². The number of carbonyl (C=O) groups is 1. The van der Waals surface area contributed by atoms with Gasteiger partial charge in [-0.25, -0.2) is 9.97 Å². The molecule has 1 amide bonds. The van der Waals surface area contributed by atoms with E-state index in [-0.39, 0.29) is 11.9 Å². The number of carbonyl (C=O) groups excluding carboxylic acids is 1. The van der Waals surface area contributed by atoms with Crippen molar-refractivity contribution in [3.8, 4) is 0 Å². The van der Waals surface area contributed by atoms with Crippen LogP contribution in [0.2, 0.25) is 5.02 Å². The van der Waals surface area contributed by atoms with Crippen molar-refractivity contribution in [1.82, 2.24) is 19.9 Å². The van der Waals surface area contributed by atoms with Gasteiger partial charge in [0.2, 0.25) is 0 Å². The number of likely N-dealkylation sites (tertiary alicyclic amines) is 1. The van der Waals surface area contributed by atoms with Gasteiger partial charge in [0.25, 0.3) is 5.91 Å². The number of piperidine rings is 1. The van der Waals surface area contributed by atoms with Crippen molar-refractivity contribution in [2.45, 2.75) is 38.8 Å². The summed E-state index contributed by atoms with van der Waals surface area (Å²) < 4.78 is 0. The normalized spacial score (nSPS) is 16.9. The molecule has 1 atom stereocenters. The minimum atomic E-state index is -0.223. The van der Waals surface area contributed by atoms with Crippen LogP contribution in [0.4, 0.5) is 5.69 Å². The van der Waals surface area contributed by atoms with Gasteiger partial charge in [0, 0.05) is 35.8 Å². The number of benzene rings is 1. The second kappa shape index (κ2) is 9.32. The number of hydrogen-bond donors (Lipinski definition) is 1. The summed E-state index contributed by atoms with van der Waals surface area (Å²) in [5.74, 6) is 0.558. The molecule has 4 rings (SSSR count). The molecular weight excluding hydrogens is 398 g/mol. The van der Waals surface area contributed by atoms with Crippen molar-refractivity contribution >= 4 is 23.2 Å². The maximum Gasteiger partial charge on any atom is 0.259 e. The number of halogens is 1. The smallest absolute Gasteiger partial charge is 0.259 e. The van der Waals surface area contributed by atoms with Gasteiger partial charge in [-0.1, -0.05) is 18.0 Å². The molecule has 1 aromatic carbocycles. The van der Waals surface area contributed by atoms with E-state index in [1.165, 1.54) is 12.0 Å². The van der Waals surface area contributed by atoms with E-state index in [2.05, 4.69) is 20.2 Å². The molecule has 3 heterocycles. The SMILES string of the molecule is Cc1nc([C@H]2CCCCN2Cc2ccncc2)ncc1C(=O)Nc1ccc(Cl)cc1. The molecule has 0 unspecified atom stereocenters. The fourth-order valence-corrected chi connectivity index (χ4v) is 3.92. The van der Waals surface area contributed by atoms with Crippen LogP contribution in [0.25, 0.3) is 0 Å².